The molecular weight excluding hydrogens is 447 g/mol. The van der Waals surface area contributed by atoms with E-state index in [4.69, 9.17) is 0 Å². The van der Waals surface area contributed by atoms with Gasteiger partial charge in [-0.1, -0.05) is 30.3 Å². The number of aliphatic hydroxyl groups excluding tert-OH is 1. The molecule has 2 N–H and O–H groups in total. The predicted molar refractivity (Wildman–Crippen MR) is 120 cm³/mol. The Morgan fingerprint density at radius 3 is 2.59 bits per heavy atom. The molecule has 1 saturated heterocycles. The molecular formula is C25H29F3N3O3+. The van der Waals surface area contributed by atoms with E-state index in [0.29, 0.717) is 11.1 Å². The number of aliphatic hydroxyl groups is 1. The van der Waals surface area contributed by atoms with Crippen molar-refractivity contribution >= 4 is 11.6 Å². The summed E-state index contributed by atoms with van der Waals surface area (Å²) in [5, 5.41) is 20.7. The third kappa shape index (κ3) is 4.31. The molecule has 9 heteroatoms. The number of hydrogen-bond acceptors (Lipinski definition) is 3. The van der Waals surface area contributed by atoms with Crippen molar-refractivity contribution in [3.63, 3.8) is 0 Å². The van der Waals surface area contributed by atoms with Crippen LogP contribution in [0.4, 0.5) is 18.0 Å². The van der Waals surface area contributed by atoms with Crippen LogP contribution < -0.4 is 0 Å². The van der Waals surface area contributed by atoms with Gasteiger partial charge >= 0.3 is 6.03 Å². The minimum atomic E-state index is -1.45. The lowest BCUT2D eigenvalue weighted by Crippen LogP contribution is -2.61. The van der Waals surface area contributed by atoms with Gasteiger partial charge in [0.1, 0.15) is 30.3 Å². The van der Waals surface area contributed by atoms with Crippen LogP contribution in [0, 0.1) is 11.6 Å². The average molecular weight is 477 g/mol. The normalized spacial score (nSPS) is 29.1. The number of amides is 2. The lowest BCUT2D eigenvalue weighted by molar-refractivity contribution is -1.09. The van der Waals surface area contributed by atoms with E-state index in [0.717, 1.165) is 18.2 Å². The lowest BCUT2D eigenvalue weighted by Gasteiger charge is -2.44. The highest BCUT2D eigenvalue weighted by Gasteiger charge is 2.48. The fourth-order valence-electron chi connectivity index (χ4n) is 5.00. The number of likely N-dealkylation sites (tertiary alicyclic amines) is 1. The SMILES string of the molecule is CN(C(=O)N1CC(c2cc(F)ccc2F)=C[C@@]1(CO)c1ccccc1)[C@H]1CC[N+](C)(O)C[C@H]1F. The highest BCUT2D eigenvalue weighted by molar-refractivity contribution is 5.83. The molecule has 2 aromatic carbocycles. The number of quaternary nitrogens is 1. The Labute approximate surface area is 196 Å². The highest BCUT2D eigenvalue weighted by Crippen LogP contribution is 2.41. The van der Waals surface area contributed by atoms with Crippen LogP contribution in [0.2, 0.25) is 0 Å². The fraction of sp³-hybridized carbons (Fsp3) is 0.400. The highest BCUT2D eigenvalue weighted by atomic mass is 19.1. The number of nitrogens with zero attached hydrogens (tertiary/aromatic N) is 3. The third-order valence-corrected chi connectivity index (χ3v) is 6.93. The van der Waals surface area contributed by atoms with Crippen molar-refractivity contribution in [2.75, 3.05) is 40.3 Å². The zero-order valence-electron chi connectivity index (χ0n) is 19.2. The van der Waals surface area contributed by atoms with E-state index >= 15 is 0 Å². The van der Waals surface area contributed by atoms with Crippen molar-refractivity contribution in [1.82, 2.24) is 9.80 Å². The van der Waals surface area contributed by atoms with Crippen molar-refractivity contribution in [1.29, 1.82) is 0 Å². The molecule has 2 aromatic rings. The number of alkyl halides is 1. The first kappa shape index (κ1) is 24.3. The molecule has 0 saturated carbocycles. The Balaban J connectivity index is 1.73. The second-order valence-corrected chi connectivity index (χ2v) is 9.34. The molecule has 6 nitrogen and oxygen atoms in total. The van der Waals surface area contributed by atoms with Gasteiger partial charge in [0, 0.05) is 25.6 Å². The van der Waals surface area contributed by atoms with Crippen LogP contribution in [0.5, 0.6) is 0 Å². The first-order chi connectivity index (χ1) is 16.1. The van der Waals surface area contributed by atoms with Crippen LogP contribution in [-0.2, 0) is 5.54 Å². The summed E-state index contributed by atoms with van der Waals surface area (Å²) in [6, 6.07) is 10.6. The molecule has 1 unspecified atom stereocenters. The first-order valence-corrected chi connectivity index (χ1v) is 11.2. The molecule has 4 atom stereocenters. The number of hydroxylamine groups is 3. The Bertz CT molecular complexity index is 1100. The van der Waals surface area contributed by atoms with Crippen LogP contribution >= 0.6 is 0 Å². The Morgan fingerprint density at radius 1 is 1.24 bits per heavy atom. The monoisotopic (exact) mass is 476 g/mol. The molecule has 2 amide bonds. The Hall–Kier alpha value is -2.88. The minimum absolute atomic E-state index is 0.00101. The number of piperidine rings is 1. The van der Waals surface area contributed by atoms with E-state index in [9.17, 15) is 28.3 Å². The van der Waals surface area contributed by atoms with Crippen LogP contribution in [0.3, 0.4) is 0 Å². The zero-order chi connectivity index (χ0) is 24.7. The molecule has 0 bridgehead atoms. The summed E-state index contributed by atoms with van der Waals surface area (Å²) in [5.41, 5.74) is -0.410. The fourth-order valence-corrected chi connectivity index (χ4v) is 5.00. The van der Waals surface area contributed by atoms with Crippen molar-refractivity contribution < 1.29 is 32.9 Å². The van der Waals surface area contributed by atoms with Crippen LogP contribution in [0.15, 0.2) is 54.6 Å². The standard InChI is InChI=1S/C25H29F3N3O3/c1-29(23-10-11-31(2,34)15-22(23)28)24(33)30-14-17(20-12-19(26)8-9-21(20)27)13-25(30,16-32)18-6-4-3-5-7-18/h3-9,12-13,22-23,32,34H,10-11,14-16H2,1-2H3/q+1/t22-,23+,25-,31?/m1/s1. The van der Waals surface area contributed by atoms with Crippen molar-refractivity contribution in [3.8, 4) is 0 Å². The maximum atomic E-state index is 14.9. The summed E-state index contributed by atoms with van der Waals surface area (Å²) >= 11 is 0. The summed E-state index contributed by atoms with van der Waals surface area (Å²) in [5.74, 6) is -1.27. The molecule has 0 aliphatic carbocycles. The number of urea groups is 1. The third-order valence-electron chi connectivity index (χ3n) is 6.93. The number of benzene rings is 2. The molecule has 182 valence electrons. The quantitative estimate of drug-likeness (QED) is 0.664. The van der Waals surface area contributed by atoms with Crippen molar-refractivity contribution in [2.45, 2.75) is 24.2 Å². The molecule has 0 spiro atoms. The van der Waals surface area contributed by atoms with Gasteiger partial charge in [0.15, 0.2) is 6.17 Å². The second kappa shape index (κ2) is 9.05. The smallest absolute Gasteiger partial charge is 0.321 e. The van der Waals surface area contributed by atoms with Crippen LogP contribution in [-0.4, -0.2) is 83.3 Å². The van der Waals surface area contributed by atoms with Crippen LogP contribution in [0.25, 0.3) is 5.57 Å². The predicted octanol–water partition coefficient (Wildman–Crippen LogP) is 3.55. The van der Waals surface area contributed by atoms with Gasteiger partial charge in [-0.05, 0) is 35.4 Å². The number of halogens is 3. The number of hydrogen-bond donors (Lipinski definition) is 2. The molecule has 1 fully saturated rings. The summed E-state index contributed by atoms with van der Waals surface area (Å²) < 4.78 is 43.0. The number of rotatable bonds is 4. The van der Waals surface area contributed by atoms with Gasteiger partial charge in [0.25, 0.3) is 0 Å². The molecule has 4 rings (SSSR count). The molecule has 2 aliphatic heterocycles. The van der Waals surface area contributed by atoms with Gasteiger partial charge in [-0.2, -0.15) is 4.65 Å². The topological polar surface area (TPSA) is 64.0 Å². The molecule has 0 radical (unpaired) electrons. The lowest BCUT2D eigenvalue weighted by atomic mass is 9.89. The molecule has 2 aliphatic rings. The van der Waals surface area contributed by atoms with Gasteiger partial charge in [0.05, 0.1) is 19.7 Å². The van der Waals surface area contributed by atoms with Crippen LogP contribution in [0.1, 0.15) is 17.5 Å². The Kier molecular flexibility index (Phi) is 6.46. The van der Waals surface area contributed by atoms with Gasteiger partial charge < -0.3 is 14.9 Å². The molecule has 0 aromatic heterocycles. The van der Waals surface area contributed by atoms with E-state index in [1.165, 1.54) is 23.9 Å². The first-order valence-electron chi connectivity index (χ1n) is 11.2. The van der Waals surface area contributed by atoms with E-state index in [1.54, 1.807) is 36.4 Å². The second-order valence-electron chi connectivity index (χ2n) is 9.34. The van der Waals surface area contributed by atoms with E-state index < -0.39 is 46.7 Å². The van der Waals surface area contributed by atoms with Gasteiger partial charge in [-0.15, -0.1) is 0 Å². The van der Waals surface area contributed by atoms with E-state index in [1.807, 2.05) is 0 Å². The zero-order valence-corrected chi connectivity index (χ0v) is 19.2. The van der Waals surface area contributed by atoms with E-state index in [-0.39, 0.29) is 31.6 Å². The van der Waals surface area contributed by atoms with Crippen molar-refractivity contribution in [3.05, 3.63) is 77.4 Å². The number of carbonyl (C=O) groups excluding carboxylic acids is 1. The van der Waals surface area contributed by atoms with Gasteiger partial charge in [-0.3, -0.25) is 0 Å². The summed E-state index contributed by atoms with van der Waals surface area (Å²) in [7, 11) is 3.00. The Morgan fingerprint density at radius 2 is 1.94 bits per heavy atom. The maximum Gasteiger partial charge on any atom is 0.321 e. The summed E-state index contributed by atoms with van der Waals surface area (Å²) in [6.45, 7) is -0.475. The summed E-state index contributed by atoms with van der Waals surface area (Å²) in [6.07, 6.45) is 0.385. The molecule has 34 heavy (non-hydrogen) atoms. The average Bonchev–Trinajstić information content (AvgIpc) is 3.20. The summed E-state index contributed by atoms with van der Waals surface area (Å²) in [4.78, 5) is 16.4. The van der Waals surface area contributed by atoms with E-state index in [2.05, 4.69) is 0 Å². The number of carbonyl (C=O) groups is 1. The minimum Gasteiger partial charge on any atom is -0.393 e. The molecule has 2 heterocycles. The maximum absolute atomic E-state index is 14.9. The van der Waals surface area contributed by atoms with Crippen molar-refractivity contribution in [2.24, 2.45) is 0 Å². The van der Waals surface area contributed by atoms with Gasteiger partial charge in [0.2, 0.25) is 0 Å². The largest absolute Gasteiger partial charge is 0.393 e. The van der Waals surface area contributed by atoms with Gasteiger partial charge in [-0.25, -0.2) is 23.2 Å².